The average molecular weight is 279 g/mol. The summed E-state index contributed by atoms with van der Waals surface area (Å²) in [5.41, 5.74) is 4.52. The SMILES string of the molecule is NCCOCCOc1cc(F)c([N+](=O)[O-])cc1Cl. The Balaban J connectivity index is 2.62. The average Bonchev–Trinajstić information content (AvgIpc) is 2.32. The molecule has 18 heavy (non-hydrogen) atoms. The van der Waals surface area contributed by atoms with E-state index in [0.29, 0.717) is 13.2 Å². The molecule has 8 heteroatoms. The highest BCUT2D eigenvalue weighted by atomic mass is 35.5. The third-order valence-corrected chi connectivity index (χ3v) is 2.24. The third-order valence-electron chi connectivity index (χ3n) is 1.95. The monoisotopic (exact) mass is 278 g/mol. The Kier molecular flexibility index (Phi) is 5.76. The fourth-order valence-corrected chi connectivity index (χ4v) is 1.38. The van der Waals surface area contributed by atoms with Crippen LogP contribution in [0, 0.1) is 15.9 Å². The van der Waals surface area contributed by atoms with Crippen molar-refractivity contribution in [2.75, 3.05) is 26.4 Å². The molecule has 6 nitrogen and oxygen atoms in total. The lowest BCUT2D eigenvalue weighted by Gasteiger charge is -2.08. The van der Waals surface area contributed by atoms with E-state index in [2.05, 4.69) is 0 Å². The van der Waals surface area contributed by atoms with Gasteiger partial charge >= 0.3 is 5.69 Å². The van der Waals surface area contributed by atoms with Crippen LogP contribution in [-0.4, -0.2) is 31.3 Å². The number of hydrogen-bond acceptors (Lipinski definition) is 5. The van der Waals surface area contributed by atoms with Crippen LogP contribution >= 0.6 is 11.6 Å². The highest BCUT2D eigenvalue weighted by molar-refractivity contribution is 6.32. The predicted octanol–water partition coefficient (Wildman–Crippen LogP) is 1.74. The molecule has 0 aliphatic heterocycles. The zero-order valence-corrected chi connectivity index (χ0v) is 10.2. The van der Waals surface area contributed by atoms with Crippen molar-refractivity contribution in [3.05, 3.63) is 33.1 Å². The van der Waals surface area contributed by atoms with E-state index >= 15 is 0 Å². The molecule has 0 saturated carbocycles. The van der Waals surface area contributed by atoms with Crippen LogP contribution < -0.4 is 10.5 Å². The van der Waals surface area contributed by atoms with Gasteiger partial charge < -0.3 is 15.2 Å². The van der Waals surface area contributed by atoms with E-state index in [0.717, 1.165) is 12.1 Å². The predicted molar refractivity (Wildman–Crippen MR) is 63.4 cm³/mol. The molecule has 1 aromatic rings. The van der Waals surface area contributed by atoms with Crippen molar-refractivity contribution in [2.45, 2.75) is 0 Å². The molecule has 0 spiro atoms. The van der Waals surface area contributed by atoms with E-state index in [4.69, 9.17) is 26.8 Å². The van der Waals surface area contributed by atoms with Crippen molar-refractivity contribution in [2.24, 2.45) is 5.73 Å². The molecule has 1 rings (SSSR count). The van der Waals surface area contributed by atoms with E-state index in [9.17, 15) is 14.5 Å². The molecule has 0 aliphatic carbocycles. The summed E-state index contributed by atoms with van der Waals surface area (Å²) in [5.74, 6) is -0.960. The largest absolute Gasteiger partial charge is 0.490 e. The summed E-state index contributed by atoms with van der Waals surface area (Å²) in [7, 11) is 0. The topological polar surface area (TPSA) is 87.6 Å². The quantitative estimate of drug-likeness (QED) is 0.466. The van der Waals surface area contributed by atoms with Gasteiger partial charge in [-0.05, 0) is 0 Å². The van der Waals surface area contributed by atoms with Crippen molar-refractivity contribution in [3.63, 3.8) is 0 Å². The number of nitro benzene ring substituents is 1. The Hall–Kier alpha value is -1.44. The highest BCUT2D eigenvalue weighted by Crippen LogP contribution is 2.31. The fourth-order valence-electron chi connectivity index (χ4n) is 1.16. The molecule has 0 radical (unpaired) electrons. The van der Waals surface area contributed by atoms with Crippen LogP contribution in [0.15, 0.2) is 12.1 Å². The first-order chi connectivity index (χ1) is 8.56. The van der Waals surface area contributed by atoms with Crippen molar-refractivity contribution in [1.82, 2.24) is 0 Å². The van der Waals surface area contributed by atoms with E-state index in [-0.39, 0.29) is 24.0 Å². The second-order valence-corrected chi connectivity index (χ2v) is 3.65. The summed E-state index contributed by atoms with van der Waals surface area (Å²) in [6, 6.07) is 1.79. The van der Waals surface area contributed by atoms with Gasteiger partial charge in [0.15, 0.2) is 0 Å². The van der Waals surface area contributed by atoms with Gasteiger partial charge in [-0.25, -0.2) is 0 Å². The van der Waals surface area contributed by atoms with Crippen LogP contribution in [0.4, 0.5) is 10.1 Å². The molecular formula is C10H12ClFN2O4. The smallest absolute Gasteiger partial charge is 0.306 e. The molecule has 0 heterocycles. The van der Waals surface area contributed by atoms with Gasteiger partial charge in [-0.1, -0.05) is 11.6 Å². The zero-order valence-electron chi connectivity index (χ0n) is 9.40. The van der Waals surface area contributed by atoms with Crippen LogP contribution in [0.2, 0.25) is 5.02 Å². The van der Waals surface area contributed by atoms with Gasteiger partial charge in [-0.15, -0.1) is 0 Å². The maximum atomic E-state index is 13.3. The number of halogens is 2. The lowest BCUT2D eigenvalue weighted by atomic mass is 10.3. The van der Waals surface area contributed by atoms with Gasteiger partial charge in [0, 0.05) is 18.7 Å². The Morgan fingerprint density at radius 2 is 2.11 bits per heavy atom. The van der Waals surface area contributed by atoms with Crippen molar-refractivity contribution in [3.8, 4) is 5.75 Å². The molecule has 0 aromatic heterocycles. The van der Waals surface area contributed by atoms with Gasteiger partial charge in [0.2, 0.25) is 5.82 Å². The number of rotatable bonds is 7. The maximum Gasteiger partial charge on any atom is 0.306 e. The van der Waals surface area contributed by atoms with Gasteiger partial charge in [0.1, 0.15) is 12.4 Å². The summed E-state index contributed by atoms with van der Waals surface area (Å²) in [6.07, 6.45) is 0. The van der Waals surface area contributed by atoms with E-state index in [1.807, 2.05) is 0 Å². The van der Waals surface area contributed by atoms with Crippen LogP contribution in [0.5, 0.6) is 5.75 Å². The minimum Gasteiger partial charge on any atom is -0.490 e. The Bertz CT molecular complexity index is 431. The molecule has 100 valence electrons. The summed E-state index contributed by atoms with van der Waals surface area (Å²) in [5, 5.41) is 10.4. The fraction of sp³-hybridized carbons (Fsp3) is 0.400. The number of benzene rings is 1. The molecule has 0 unspecified atom stereocenters. The van der Waals surface area contributed by atoms with E-state index in [1.54, 1.807) is 0 Å². The van der Waals surface area contributed by atoms with Crippen molar-refractivity contribution in [1.29, 1.82) is 0 Å². The molecule has 2 N–H and O–H groups in total. The molecule has 0 saturated heterocycles. The highest BCUT2D eigenvalue weighted by Gasteiger charge is 2.18. The first-order valence-corrected chi connectivity index (χ1v) is 5.48. The van der Waals surface area contributed by atoms with Crippen molar-refractivity contribution >= 4 is 17.3 Å². The number of nitro groups is 1. The lowest BCUT2D eigenvalue weighted by Crippen LogP contribution is -2.13. The Labute approximate surface area is 108 Å². The minimum absolute atomic E-state index is 0.0260. The van der Waals surface area contributed by atoms with Gasteiger partial charge in [-0.2, -0.15) is 4.39 Å². The Morgan fingerprint density at radius 3 is 2.72 bits per heavy atom. The minimum atomic E-state index is -0.998. The second kappa shape index (κ2) is 7.10. The second-order valence-electron chi connectivity index (χ2n) is 3.24. The van der Waals surface area contributed by atoms with E-state index < -0.39 is 16.4 Å². The molecule has 0 atom stereocenters. The molecule has 0 bridgehead atoms. The van der Waals surface area contributed by atoms with E-state index in [1.165, 1.54) is 0 Å². The standard InChI is InChI=1S/C10H12ClFN2O4/c11-7-5-9(14(15)16)8(12)6-10(7)18-4-3-17-2-1-13/h5-6H,1-4,13H2. The zero-order chi connectivity index (χ0) is 13.5. The summed E-state index contributed by atoms with van der Waals surface area (Å²) < 4.78 is 23.5. The maximum absolute atomic E-state index is 13.3. The summed E-state index contributed by atoms with van der Waals surface area (Å²) in [4.78, 5) is 9.60. The van der Waals surface area contributed by atoms with Gasteiger partial charge in [-0.3, -0.25) is 10.1 Å². The molecule has 0 aliphatic rings. The van der Waals surface area contributed by atoms with Crippen LogP contribution in [0.25, 0.3) is 0 Å². The third kappa shape index (κ3) is 4.10. The van der Waals surface area contributed by atoms with Crippen LogP contribution in [0.3, 0.4) is 0 Å². The Morgan fingerprint density at radius 1 is 1.39 bits per heavy atom. The molecule has 0 amide bonds. The van der Waals surface area contributed by atoms with Crippen LogP contribution in [0.1, 0.15) is 0 Å². The van der Waals surface area contributed by atoms with Gasteiger partial charge in [0.25, 0.3) is 0 Å². The number of nitrogens with two attached hydrogens (primary N) is 1. The van der Waals surface area contributed by atoms with Gasteiger partial charge in [0.05, 0.1) is 23.2 Å². The summed E-state index contributed by atoms with van der Waals surface area (Å²) in [6.45, 7) is 1.21. The first-order valence-electron chi connectivity index (χ1n) is 5.10. The van der Waals surface area contributed by atoms with Crippen LogP contribution in [-0.2, 0) is 4.74 Å². The number of ether oxygens (including phenoxy) is 2. The normalized spacial score (nSPS) is 10.4. The lowest BCUT2D eigenvalue weighted by molar-refractivity contribution is -0.387. The molecule has 1 aromatic carbocycles. The number of nitrogens with zero attached hydrogens (tertiary/aromatic N) is 1. The first kappa shape index (κ1) is 14.6. The molecular weight excluding hydrogens is 267 g/mol. The van der Waals surface area contributed by atoms with Crippen molar-refractivity contribution < 1.29 is 18.8 Å². The molecule has 0 fully saturated rings. The summed E-state index contributed by atoms with van der Waals surface area (Å²) >= 11 is 5.73. The number of hydrogen-bond donors (Lipinski definition) is 1.